The third-order valence-electron chi connectivity index (χ3n) is 6.64. The summed E-state index contributed by atoms with van der Waals surface area (Å²) in [6, 6.07) is 0. The summed E-state index contributed by atoms with van der Waals surface area (Å²) in [6.45, 7) is 11.0. The highest BCUT2D eigenvalue weighted by Gasteiger charge is 2.32. The number of hydrogen-bond donors (Lipinski definition) is 0. The van der Waals surface area contributed by atoms with Crippen LogP contribution in [0.3, 0.4) is 0 Å². The van der Waals surface area contributed by atoms with Crippen molar-refractivity contribution in [2.45, 2.75) is 81.7 Å². The third kappa shape index (κ3) is 4.56. The highest BCUT2D eigenvalue weighted by molar-refractivity contribution is 8.00. The first kappa shape index (κ1) is 24.3. The molecule has 0 N–H and O–H groups in total. The molecule has 1 fully saturated rings. The predicted octanol–water partition coefficient (Wildman–Crippen LogP) is 6.04. The number of hydrogen-bond acceptors (Lipinski definition) is 8. The Hall–Kier alpha value is -1.42. The largest absolute Gasteiger partial charge is 0.370 e. The number of aromatic nitrogens is 3. The van der Waals surface area contributed by atoms with Gasteiger partial charge < -0.3 is 9.64 Å². The van der Waals surface area contributed by atoms with Gasteiger partial charge in [0.25, 0.3) is 0 Å². The highest BCUT2D eigenvalue weighted by atomic mass is 32.2. The summed E-state index contributed by atoms with van der Waals surface area (Å²) < 4.78 is 7.24. The van der Waals surface area contributed by atoms with E-state index < -0.39 is 0 Å². The number of thiophene rings is 1. The fourth-order valence-corrected chi connectivity index (χ4v) is 7.47. The van der Waals surface area contributed by atoms with Crippen LogP contribution in [-0.4, -0.2) is 56.5 Å². The molecular formula is C25H32N4O2S3. The number of carbonyl (C=O) groups excluding carboxylic acids is 1. The van der Waals surface area contributed by atoms with Gasteiger partial charge in [0.05, 0.1) is 33.9 Å². The van der Waals surface area contributed by atoms with Crippen LogP contribution in [0.4, 0.5) is 0 Å². The number of carbonyl (C=O) groups is 1. The van der Waals surface area contributed by atoms with Gasteiger partial charge in [0.15, 0.2) is 5.16 Å². The summed E-state index contributed by atoms with van der Waals surface area (Å²) in [4.78, 5) is 30.8. The van der Waals surface area contributed by atoms with Crippen LogP contribution >= 0.6 is 34.9 Å². The highest BCUT2D eigenvalue weighted by Crippen LogP contribution is 2.44. The Balaban J connectivity index is 1.62. The molecule has 0 bridgehead atoms. The number of rotatable bonds is 5. The van der Waals surface area contributed by atoms with Crippen molar-refractivity contribution < 1.29 is 9.53 Å². The number of thioether (sulfide) groups is 2. The standard InChI is InChI=1S/C25H32N4O2S3/c1-14(2)19-16-12-31-25(3,4)11-15(16)18-20-21(34-22(18)26-19)23(28-24(27-20)32-5)33-13-17(30)29-9-7-6-8-10-29/h14H,6-13H2,1-5H3. The van der Waals surface area contributed by atoms with Crippen LogP contribution in [0, 0.1) is 0 Å². The smallest absolute Gasteiger partial charge is 0.232 e. The maximum absolute atomic E-state index is 12.9. The first-order valence-corrected chi connectivity index (χ1v) is 15.0. The summed E-state index contributed by atoms with van der Waals surface area (Å²) in [5.41, 5.74) is 4.42. The number of likely N-dealkylation sites (tertiary alicyclic amines) is 1. The Morgan fingerprint density at radius 1 is 1.15 bits per heavy atom. The van der Waals surface area contributed by atoms with Crippen LogP contribution in [0.1, 0.15) is 69.7 Å². The van der Waals surface area contributed by atoms with Gasteiger partial charge in [0, 0.05) is 30.5 Å². The Morgan fingerprint density at radius 2 is 1.91 bits per heavy atom. The van der Waals surface area contributed by atoms with Crippen LogP contribution in [0.15, 0.2) is 10.2 Å². The number of nitrogens with zero attached hydrogens (tertiary/aromatic N) is 4. The Kier molecular flexibility index (Phi) is 6.83. The average molecular weight is 517 g/mol. The van der Waals surface area contributed by atoms with E-state index >= 15 is 0 Å². The zero-order chi connectivity index (χ0) is 24.0. The molecule has 0 aromatic carbocycles. The van der Waals surface area contributed by atoms with Crippen LogP contribution in [0.25, 0.3) is 20.4 Å². The monoisotopic (exact) mass is 516 g/mol. The lowest BCUT2D eigenvalue weighted by molar-refractivity contribution is -0.129. The number of fused-ring (bicyclic) bond motifs is 5. The molecule has 2 aliphatic heterocycles. The maximum atomic E-state index is 12.9. The van der Waals surface area contributed by atoms with Gasteiger partial charge in [-0.2, -0.15) is 0 Å². The molecule has 0 spiro atoms. The van der Waals surface area contributed by atoms with E-state index in [9.17, 15) is 4.79 Å². The molecular weight excluding hydrogens is 485 g/mol. The Bertz CT molecular complexity index is 1250. The number of piperidine rings is 1. The van der Waals surface area contributed by atoms with Gasteiger partial charge in [-0.1, -0.05) is 37.4 Å². The van der Waals surface area contributed by atoms with Gasteiger partial charge in [0.1, 0.15) is 9.86 Å². The maximum Gasteiger partial charge on any atom is 0.232 e. The lowest BCUT2D eigenvalue weighted by atomic mass is 9.87. The molecule has 5 heterocycles. The molecule has 3 aromatic rings. The number of ether oxygens (including phenoxy) is 1. The second-order valence-corrected chi connectivity index (χ2v) is 12.8. The van der Waals surface area contributed by atoms with Crippen molar-refractivity contribution in [3.63, 3.8) is 0 Å². The summed E-state index contributed by atoms with van der Waals surface area (Å²) in [7, 11) is 0. The van der Waals surface area contributed by atoms with Crippen molar-refractivity contribution >= 4 is 61.2 Å². The number of amides is 1. The average Bonchev–Trinajstić information content (AvgIpc) is 3.20. The van der Waals surface area contributed by atoms with Gasteiger partial charge in [-0.25, -0.2) is 15.0 Å². The third-order valence-corrected chi connectivity index (χ3v) is 9.36. The van der Waals surface area contributed by atoms with E-state index in [2.05, 4.69) is 27.7 Å². The fraction of sp³-hybridized carbons (Fsp3) is 0.600. The molecule has 5 rings (SSSR count). The zero-order valence-electron chi connectivity index (χ0n) is 20.6. The molecule has 34 heavy (non-hydrogen) atoms. The van der Waals surface area contributed by atoms with Crippen molar-refractivity contribution in [2.75, 3.05) is 25.1 Å². The summed E-state index contributed by atoms with van der Waals surface area (Å²) >= 11 is 4.76. The molecule has 1 amide bonds. The van der Waals surface area contributed by atoms with Gasteiger partial charge in [-0.05, 0) is 50.8 Å². The minimum Gasteiger partial charge on any atom is -0.370 e. The van der Waals surface area contributed by atoms with Crippen molar-refractivity contribution in [1.29, 1.82) is 0 Å². The van der Waals surface area contributed by atoms with E-state index in [1.807, 2.05) is 11.2 Å². The molecule has 3 aromatic heterocycles. The molecule has 0 aliphatic carbocycles. The summed E-state index contributed by atoms with van der Waals surface area (Å²) in [6.07, 6.45) is 6.28. The van der Waals surface area contributed by atoms with E-state index in [1.54, 1.807) is 34.9 Å². The Labute approximate surface area is 213 Å². The topological polar surface area (TPSA) is 68.2 Å². The lowest BCUT2D eigenvalue weighted by Gasteiger charge is -2.33. The first-order chi connectivity index (χ1) is 16.3. The van der Waals surface area contributed by atoms with Crippen LogP contribution in [-0.2, 0) is 22.6 Å². The molecule has 0 saturated carbocycles. The van der Waals surface area contributed by atoms with E-state index in [0.29, 0.717) is 18.3 Å². The first-order valence-electron chi connectivity index (χ1n) is 12.0. The van der Waals surface area contributed by atoms with Gasteiger partial charge in [-0.3, -0.25) is 4.79 Å². The predicted molar refractivity (Wildman–Crippen MR) is 142 cm³/mol. The molecule has 2 aliphatic rings. The molecule has 0 atom stereocenters. The normalized spacial score (nSPS) is 18.1. The molecule has 0 unspecified atom stereocenters. The summed E-state index contributed by atoms with van der Waals surface area (Å²) in [5.74, 6) is 0.939. The van der Waals surface area contributed by atoms with Gasteiger partial charge in [0.2, 0.25) is 5.91 Å². The fourth-order valence-electron chi connectivity index (χ4n) is 4.89. The second-order valence-electron chi connectivity index (χ2n) is 10.0. The number of pyridine rings is 1. The lowest BCUT2D eigenvalue weighted by Crippen LogP contribution is -2.36. The zero-order valence-corrected chi connectivity index (χ0v) is 23.0. The molecule has 1 saturated heterocycles. The van der Waals surface area contributed by atoms with E-state index in [1.165, 1.54) is 17.5 Å². The molecule has 6 nitrogen and oxygen atoms in total. The van der Waals surface area contributed by atoms with E-state index in [4.69, 9.17) is 19.7 Å². The van der Waals surface area contributed by atoms with Gasteiger partial charge >= 0.3 is 0 Å². The minimum absolute atomic E-state index is 0.208. The van der Waals surface area contributed by atoms with E-state index in [-0.39, 0.29) is 11.5 Å². The van der Waals surface area contributed by atoms with Crippen molar-refractivity contribution in [3.05, 3.63) is 16.8 Å². The van der Waals surface area contributed by atoms with Crippen molar-refractivity contribution in [1.82, 2.24) is 19.9 Å². The molecule has 182 valence electrons. The van der Waals surface area contributed by atoms with E-state index in [0.717, 1.165) is 68.7 Å². The van der Waals surface area contributed by atoms with Crippen LogP contribution < -0.4 is 0 Å². The minimum atomic E-state index is -0.225. The van der Waals surface area contributed by atoms with Gasteiger partial charge in [-0.15, -0.1) is 11.3 Å². The summed E-state index contributed by atoms with van der Waals surface area (Å²) in [5, 5.41) is 2.79. The SMILES string of the molecule is CSc1nc(SCC(=O)N2CCCCC2)c2sc3nc(C(C)C)c4c(c3c2n1)CC(C)(C)OC4. The quantitative estimate of drug-likeness (QED) is 0.233. The second kappa shape index (κ2) is 9.56. The van der Waals surface area contributed by atoms with Crippen molar-refractivity contribution in [3.8, 4) is 0 Å². The van der Waals surface area contributed by atoms with Crippen LogP contribution in [0.5, 0.6) is 0 Å². The molecule has 0 radical (unpaired) electrons. The van der Waals surface area contributed by atoms with Crippen molar-refractivity contribution in [2.24, 2.45) is 0 Å². The Morgan fingerprint density at radius 3 is 2.62 bits per heavy atom. The van der Waals surface area contributed by atoms with Crippen LogP contribution in [0.2, 0.25) is 0 Å². The molecule has 9 heteroatoms.